The van der Waals surface area contributed by atoms with Crippen molar-refractivity contribution in [1.82, 2.24) is 0 Å². The van der Waals surface area contributed by atoms with Gasteiger partial charge in [-0.1, -0.05) is 6.58 Å². The van der Waals surface area contributed by atoms with Crippen LogP contribution in [0.3, 0.4) is 0 Å². The Labute approximate surface area is 38.8 Å². The Morgan fingerprint density at radius 3 is 2.20 bits per heavy atom. The number of hydrogen-bond donors (Lipinski definition) is 0. The molecule has 0 atom stereocenters. The minimum Gasteiger partial charge on any atom is -0.284 e. The zero-order valence-corrected chi connectivity index (χ0v) is 4.08. The highest BCUT2D eigenvalue weighted by Crippen LogP contribution is 1.90. The van der Waals surface area contributed by atoms with Crippen LogP contribution in [0.15, 0.2) is 11.1 Å². The lowest BCUT2D eigenvalue weighted by atomic mass is 10.7. The second-order valence-electron chi connectivity index (χ2n) is 0.507. The Morgan fingerprint density at radius 1 is 2.00 bits per heavy atom. The number of hydrogen-bond acceptors (Lipinski definition) is 1. The molecule has 1 radical (unpaired) electrons. The van der Waals surface area contributed by atoms with E-state index in [2.05, 4.69) is 22.5 Å². The molecule has 0 unspecified atom stereocenters. The monoisotopic (exact) mass is 133 g/mol. The molecule has 0 fully saturated rings. The minimum atomic E-state index is 0.262. The van der Waals surface area contributed by atoms with Gasteiger partial charge < -0.3 is 0 Å². The molecule has 0 rings (SSSR count). The van der Waals surface area contributed by atoms with E-state index < -0.39 is 0 Å². The van der Waals surface area contributed by atoms with Crippen molar-refractivity contribution in [1.29, 1.82) is 0 Å². The highest BCUT2D eigenvalue weighted by Gasteiger charge is 1.72. The second kappa shape index (κ2) is 2.15. The fourth-order valence-corrected chi connectivity index (χ4v) is 0. The molecular formula is C3H2BrO. The summed E-state index contributed by atoms with van der Waals surface area (Å²) in [5, 5.41) is 0. The van der Waals surface area contributed by atoms with Crippen LogP contribution in [0.25, 0.3) is 0 Å². The van der Waals surface area contributed by atoms with E-state index in [1.54, 1.807) is 0 Å². The van der Waals surface area contributed by atoms with Crippen LogP contribution in [-0.4, -0.2) is 6.29 Å². The summed E-state index contributed by atoms with van der Waals surface area (Å²) in [5.74, 6) is 0. The molecule has 0 saturated heterocycles. The van der Waals surface area contributed by atoms with Gasteiger partial charge in [-0.15, -0.1) is 0 Å². The van der Waals surface area contributed by atoms with Gasteiger partial charge in [0.25, 0.3) is 0 Å². The third kappa shape index (κ3) is 3.89. The quantitative estimate of drug-likeness (QED) is 0.489. The molecule has 27 valence electrons. The van der Waals surface area contributed by atoms with Crippen LogP contribution >= 0.6 is 15.9 Å². The van der Waals surface area contributed by atoms with E-state index in [-0.39, 0.29) is 4.48 Å². The van der Waals surface area contributed by atoms with E-state index in [0.29, 0.717) is 0 Å². The Hall–Kier alpha value is -0.110. The molecule has 0 amide bonds. The van der Waals surface area contributed by atoms with E-state index in [1.165, 1.54) is 6.29 Å². The first-order valence-corrected chi connectivity index (χ1v) is 1.79. The molecule has 0 heterocycles. The average molecular weight is 134 g/mol. The first-order valence-electron chi connectivity index (χ1n) is 0.997. The van der Waals surface area contributed by atoms with Gasteiger partial charge in [0.15, 0.2) is 0 Å². The van der Waals surface area contributed by atoms with Gasteiger partial charge in [0.1, 0.15) is 0 Å². The van der Waals surface area contributed by atoms with Gasteiger partial charge in [0.2, 0.25) is 6.29 Å². The van der Waals surface area contributed by atoms with Crippen molar-refractivity contribution in [3.05, 3.63) is 11.1 Å². The van der Waals surface area contributed by atoms with Crippen molar-refractivity contribution in [2.75, 3.05) is 0 Å². The van der Waals surface area contributed by atoms with Gasteiger partial charge in [-0.05, 0) is 15.9 Å². The molecule has 0 saturated carbocycles. The fourth-order valence-electron chi connectivity index (χ4n) is 0. The summed E-state index contributed by atoms with van der Waals surface area (Å²) >= 11 is 2.76. The van der Waals surface area contributed by atoms with E-state index in [1.807, 2.05) is 0 Å². The maximum absolute atomic E-state index is 9.23. The first kappa shape index (κ1) is 4.89. The van der Waals surface area contributed by atoms with Crippen LogP contribution in [-0.2, 0) is 4.79 Å². The van der Waals surface area contributed by atoms with Crippen molar-refractivity contribution in [2.24, 2.45) is 0 Å². The number of rotatable bonds is 1. The normalized spacial score (nSPS) is 6.60. The lowest BCUT2D eigenvalue weighted by Crippen LogP contribution is -1.58. The summed E-state index contributed by atoms with van der Waals surface area (Å²) in [6.07, 6.45) is 1.50. The SMILES string of the molecule is C=C(Br)[C]=O. The van der Waals surface area contributed by atoms with E-state index in [9.17, 15) is 4.79 Å². The highest BCUT2D eigenvalue weighted by molar-refractivity contribution is 9.12. The maximum Gasteiger partial charge on any atom is 0.240 e. The average Bonchev–Trinajstić information content (AvgIpc) is 1.38. The lowest BCUT2D eigenvalue weighted by molar-refractivity contribution is 0.564. The predicted molar refractivity (Wildman–Crippen MR) is 23.8 cm³/mol. The van der Waals surface area contributed by atoms with E-state index in [4.69, 9.17) is 0 Å². The van der Waals surface area contributed by atoms with Gasteiger partial charge >= 0.3 is 0 Å². The van der Waals surface area contributed by atoms with Crippen molar-refractivity contribution < 1.29 is 4.79 Å². The molecule has 0 aromatic rings. The topological polar surface area (TPSA) is 17.1 Å². The second-order valence-corrected chi connectivity index (χ2v) is 1.46. The number of halogens is 1. The summed E-state index contributed by atoms with van der Waals surface area (Å²) in [4.78, 5) is 9.23. The molecular weight excluding hydrogens is 132 g/mol. The standard InChI is InChI=1S/C3H2BrO/c1-3(4)2-5/h1H2. The fraction of sp³-hybridized carbons (Fsp3) is 0. The maximum atomic E-state index is 9.23. The Kier molecular flexibility index (Phi) is 2.10. The molecule has 0 aliphatic heterocycles. The Morgan fingerprint density at radius 2 is 2.20 bits per heavy atom. The zero-order valence-electron chi connectivity index (χ0n) is 2.49. The summed E-state index contributed by atoms with van der Waals surface area (Å²) in [7, 11) is 0. The van der Waals surface area contributed by atoms with Gasteiger partial charge in [-0.3, -0.25) is 4.79 Å². The molecule has 0 aliphatic carbocycles. The molecule has 0 N–H and O–H groups in total. The minimum absolute atomic E-state index is 0.262. The molecule has 1 nitrogen and oxygen atoms in total. The number of carbonyl (C=O) groups excluding carboxylic acids is 1. The third-order valence-electron chi connectivity index (χ3n) is 0.111. The highest BCUT2D eigenvalue weighted by atomic mass is 79.9. The van der Waals surface area contributed by atoms with Gasteiger partial charge in [-0.2, -0.15) is 0 Å². The Balaban J connectivity index is 3.20. The molecule has 0 spiro atoms. The van der Waals surface area contributed by atoms with Gasteiger partial charge in [-0.25, -0.2) is 0 Å². The van der Waals surface area contributed by atoms with Crippen molar-refractivity contribution >= 4 is 22.2 Å². The first-order chi connectivity index (χ1) is 2.27. The summed E-state index contributed by atoms with van der Waals surface area (Å²) in [6, 6.07) is 0. The summed E-state index contributed by atoms with van der Waals surface area (Å²) in [6.45, 7) is 3.17. The van der Waals surface area contributed by atoms with Gasteiger partial charge in [0.05, 0.1) is 4.48 Å². The van der Waals surface area contributed by atoms with Gasteiger partial charge in [0, 0.05) is 0 Å². The smallest absolute Gasteiger partial charge is 0.240 e. The van der Waals surface area contributed by atoms with Crippen LogP contribution in [0.1, 0.15) is 0 Å². The van der Waals surface area contributed by atoms with Crippen LogP contribution < -0.4 is 0 Å². The van der Waals surface area contributed by atoms with Crippen LogP contribution in [0.5, 0.6) is 0 Å². The summed E-state index contributed by atoms with van der Waals surface area (Å²) < 4.78 is 0.262. The summed E-state index contributed by atoms with van der Waals surface area (Å²) in [5.41, 5.74) is 0. The van der Waals surface area contributed by atoms with Crippen LogP contribution in [0.4, 0.5) is 0 Å². The van der Waals surface area contributed by atoms with Crippen LogP contribution in [0.2, 0.25) is 0 Å². The van der Waals surface area contributed by atoms with Crippen molar-refractivity contribution in [2.45, 2.75) is 0 Å². The Bertz CT molecular complexity index is 57.9. The van der Waals surface area contributed by atoms with Crippen molar-refractivity contribution in [3.63, 3.8) is 0 Å². The predicted octanol–water partition coefficient (Wildman–Crippen LogP) is 1.00. The molecule has 2 heteroatoms. The largest absolute Gasteiger partial charge is 0.284 e. The zero-order chi connectivity index (χ0) is 4.28. The van der Waals surface area contributed by atoms with Crippen LogP contribution in [0, 0.1) is 0 Å². The molecule has 5 heavy (non-hydrogen) atoms. The van der Waals surface area contributed by atoms with E-state index in [0.717, 1.165) is 0 Å². The third-order valence-corrected chi connectivity index (χ3v) is 0.273. The molecule has 0 aliphatic rings. The lowest BCUT2D eigenvalue weighted by Gasteiger charge is -1.60. The van der Waals surface area contributed by atoms with E-state index >= 15 is 0 Å². The molecule has 0 aromatic heterocycles. The molecule has 0 aromatic carbocycles. The molecule has 0 bridgehead atoms. The van der Waals surface area contributed by atoms with Crippen molar-refractivity contribution in [3.8, 4) is 0 Å². The number of allylic oxidation sites excluding steroid dienone is 1.